The Hall–Kier alpha value is -0.640. The molecule has 1 aromatic rings. The molecule has 0 radical (unpaired) electrons. The first-order chi connectivity index (χ1) is 6.06. The van der Waals surface area contributed by atoms with E-state index < -0.39 is 0 Å². The number of anilines is 1. The lowest BCUT2D eigenvalue weighted by molar-refractivity contribution is 0.691. The van der Waals surface area contributed by atoms with Gasteiger partial charge in [-0.2, -0.15) is 5.10 Å². The van der Waals surface area contributed by atoms with Crippen LogP contribution in [0, 0.1) is 6.92 Å². The lowest BCUT2D eigenvalue weighted by Gasteiger charge is -2.08. The van der Waals surface area contributed by atoms with E-state index in [1.54, 1.807) is 11.8 Å². The van der Waals surface area contributed by atoms with Gasteiger partial charge in [0.15, 0.2) is 0 Å². The molecule has 1 rings (SSSR count). The Morgan fingerprint density at radius 1 is 1.62 bits per heavy atom. The molecule has 1 heterocycles. The highest BCUT2D eigenvalue weighted by molar-refractivity contribution is 8.00. The number of aryl methyl sites for hydroxylation is 2. The molecule has 1 aromatic heterocycles. The van der Waals surface area contributed by atoms with Crippen molar-refractivity contribution in [3.63, 3.8) is 0 Å². The molecule has 74 valence electrons. The highest BCUT2D eigenvalue weighted by Gasteiger charge is 2.12. The van der Waals surface area contributed by atoms with Gasteiger partial charge >= 0.3 is 0 Å². The topological polar surface area (TPSA) is 43.8 Å². The van der Waals surface area contributed by atoms with E-state index in [-0.39, 0.29) is 0 Å². The van der Waals surface area contributed by atoms with E-state index in [1.807, 2.05) is 18.7 Å². The highest BCUT2D eigenvalue weighted by Crippen LogP contribution is 2.31. The van der Waals surface area contributed by atoms with Crippen LogP contribution in [-0.4, -0.2) is 15.0 Å². The van der Waals surface area contributed by atoms with Crippen LogP contribution in [0.2, 0.25) is 0 Å². The zero-order chi connectivity index (χ0) is 10.0. The predicted octanol–water partition coefficient (Wildman–Crippen LogP) is 2.20. The van der Waals surface area contributed by atoms with Crippen molar-refractivity contribution < 1.29 is 0 Å². The van der Waals surface area contributed by atoms with Crippen molar-refractivity contribution in [1.29, 1.82) is 0 Å². The molecular weight excluding hydrogens is 182 g/mol. The molecule has 1 unspecified atom stereocenters. The first-order valence-corrected chi connectivity index (χ1v) is 5.40. The van der Waals surface area contributed by atoms with Crippen LogP contribution in [0.4, 0.5) is 5.69 Å². The number of hydrogen-bond acceptors (Lipinski definition) is 3. The van der Waals surface area contributed by atoms with E-state index in [0.717, 1.165) is 22.8 Å². The van der Waals surface area contributed by atoms with E-state index in [9.17, 15) is 0 Å². The van der Waals surface area contributed by atoms with E-state index in [2.05, 4.69) is 18.9 Å². The van der Waals surface area contributed by atoms with E-state index in [0.29, 0.717) is 5.25 Å². The van der Waals surface area contributed by atoms with Crippen LogP contribution in [0.25, 0.3) is 0 Å². The predicted molar refractivity (Wildman–Crippen MR) is 58.0 cm³/mol. The second kappa shape index (κ2) is 4.05. The maximum absolute atomic E-state index is 5.90. The minimum Gasteiger partial charge on any atom is -0.395 e. The fourth-order valence-corrected chi connectivity index (χ4v) is 2.08. The van der Waals surface area contributed by atoms with Gasteiger partial charge in [0, 0.05) is 12.3 Å². The summed E-state index contributed by atoms with van der Waals surface area (Å²) in [4.78, 5) is 0. The third-order valence-electron chi connectivity index (χ3n) is 2.10. The van der Waals surface area contributed by atoms with Crippen LogP contribution in [-0.2, 0) is 7.05 Å². The number of thioether (sulfide) groups is 1. The molecule has 0 bridgehead atoms. The van der Waals surface area contributed by atoms with Gasteiger partial charge in [0.2, 0.25) is 0 Å². The van der Waals surface area contributed by atoms with Gasteiger partial charge in [-0.15, -0.1) is 11.8 Å². The number of aromatic nitrogens is 2. The Bertz CT molecular complexity index is 293. The summed E-state index contributed by atoms with van der Waals surface area (Å²) in [7, 11) is 1.94. The molecule has 1 atom stereocenters. The standard InChI is InChI=1S/C9H17N3S/c1-5-6(2)13-9-8(10)7(3)11-12(9)4/h6H,5,10H2,1-4H3. The monoisotopic (exact) mass is 199 g/mol. The largest absolute Gasteiger partial charge is 0.395 e. The van der Waals surface area contributed by atoms with Gasteiger partial charge in [-0.25, -0.2) is 0 Å². The van der Waals surface area contributed by atoms with Crippen molar-refractivity contribution in [2.24, 2.45) is 7.05 Å². The van der Waals surface area contributed by atoms with Gasteiger partial charge in [0.25, 0.3) is 0 Å². The molecule has 0 aromatic carbocycles. The molecule has 0 aliphatic carbocycles. The van der Waals surface area contributed by atoms with Crippen LogP contribution < -0.4 is 5.73 Å². The van der Waals surface area contributed by atoms with Crippen molar-refractivity contribution in [2.45, 2.75) is 37.5 Å². The van der Waals surface area contributed by atoms with Crippen LogP contribution in [0.5, 0.6) is 0 Å². The summed E-state index contributed by atoms with van der Waals surface area (Å²) in [5.41, 5.74) is 7.65. The molecule has 4 heteroatoms. The molecule has 13 heavy (non-hydrogen) atoms. The van der Waals surface area contributed by atoms with E-state index >= 15 is 0 Å². The van der Waals surface area contributed by atoms with Gasteiger partial charge < -0.3 is 5.73 Å². The van der Waals surface area contributed by atoms with Crippen molar-refractivity contribution in [3.05, 3.63) is 5.69 Å². The second-order valence-corrected chi connectivity index (χ2v) is 4.69. The smallest absolute Gasteiger partial charge is 0.117 e. The number of nitrogens with zero attached hydrogens (tertiary/aromatic N) is 2. The molecule has 0 amide bonds. The minimum absolute atomic E-state index is 0.595. The zero-order valence-electron chi connectivity index (χ0n) is 8.66. The molecular formula is C9H17N3S. The van der Waals surface area contributed by atoms with Crippen molar-refractivity contribution in [2.75, 3.05) is 5.73 Å². The summed E-state index contributed by atoms with van der Waals surface area (Å²) in [5.74, 6) is 0. The Balaban J connectivity index is 2.87. The lowest BCUT2D eigenvalue weighted by atomic mass is 10.4. The summed E-state index contributed by atoms with van der Waals surface area (Å²) in [6.07, 6.45) is 1.15. The lowest BCUT2D eigenvalue weighted by Crippen LogP contribution is -1.99. The fourth-order valence-electron chi connectivity index (χ4n) is 1.07. The number of rotatable bonds is 3. The van der Waals surface area contributed by atoms with Crippen molar-refractivity contribution in [3.8, 4) is 0 Å². The first kappa shape index (κ1) is 10.4. The molecule has 0 spiro atoms. The van der Waals surface area contributed by atoms with Gasteiger partial charge in [0.05, 0.1) is 11.4 Å². The molecule has 0 fully saturated rings. The van der Waals surface area contributed by atoms with Gasteiger partial charge in [-0.05, 0) is 13.3 Å². The molecule has 2 N–H and O–H groups in total. The maximum Gasteiger partial charge on any atom is 0.117 e. The van der Waals surface area contributed by atoms with Crippen LogP contribution in [0.1, 0.15) is 26.0 Å². The zero-order valence-corrected chi connectivity index (χ0v) is 9.48. The average Bonchev–Trinajstić information content (AvgIpc) is 2.32. The van der Waals surface area contributed by atoms with Gasteiger partial charge in [-0.1, -0.05) is 13.8 Å². The maximum atomic E-state index is 5.90. The van der Waals surface area contributed by atoms with E-state index in [4.69, 9.17) is 5.73 Å². The summed E-state index contributed by atoms with van der Waals surface area (Å²) in [5, 5.41) is 5.95. The summed E-state index contributed by atoms with van der Waals surface area (Å²) < 4.78 is 1.86. The van der Waals surface area contributed by atoms with Gasteiger partial charge in [-0.3, -0.25) is 4.68 Å². The number of nitrogen functional groups attached to an aromatic ring is 1. The van der Waals surface area contributed by atoms with Crippen LogP contribution in [0.15, 0.2) is 5.03 Å². The SMILES string of the molecule is CCC(C)Sc1c(N)c(C)nn1C. The molecule has 0 aliphatic heterocycles. The third-order valence-corrected chi connectivity index (χ3v) is 3.54. The average molecular weight is 199 g/mol. The molecule has 0 aliphatic rings. The Kier molecular flexibility index (Phi) is 3.25. The first-order valence-electron chi connectivity index (χ1n) is 4.52. The third kappa shape index (κ3) is 2.18. The highest BCUT2D eigenvalue weighted by atomic mass is 32.2. The van der Waals surface area contributed by atoms with E-state index in [1.165, 1.54) is 0 Å². The number of hydrogen-bond donors (Lipinski definition) is 1. The van der Waals surface area contributed by atoms with Crippen molar-refractivity contribution >= 4 is 17.4 Å². The second-order valence-electron chi connectivity index (χ2n) is 3.26. The molecule has 3 nitrogen and oxygen atoms in total. The number of nitrogens with two attached hydrogens (primary N) is 1. The quantitative estimate of drug-likeness (QED) is 0.759. The Labute approximate surface area is 83.7 Å². The molecule has 0 saturated carbocycles. The van der Waals surface area contributed by atoms with Crippen LogP contribution >= 0.6 is 11.8 Å². The van der Waals surface area contributed by atoms with Gasteiger partial charge in [0.1, 0.15) is 5.03 Å². The fraction of sp³-hybridized carbons (Fsp3) is 0.667. The molecule has 0 saturated heterocycles. The minimum atomic E-state index is 0.595. The summed E-state index contributed by atoms with van der Waals surface area (Å²) in [6, 6.07) is 0. The van der Waals surface area contributed by atoms with Crippen LogP contribution in [0.3, 0.4) is 0 Å². The Morgan fingerprint density at radius 2 is 2.23 bits per heavy atom. The summed E-state index contributed by atoms with van der Waals surface area (Å²) >= 11 is 1.79. The normalized spacial score (nSPS) is 13.2. The summed E-state index contributed by atoms with van der Waals surface area (Å²) in [6.45, 7) is 6.32. The Morgan fingerprint density at radius 3 is 2.62 bits per heavy atom. The van der Waals surface area contributed by atoms with Crippen molar-refractivity contribution in [1.82, 2.24) is 9.78 Å².